The third kappa shape index (κ3) is 8.28. The summed E-state index contributed by atoms with van der Waals surface area (Å²) in [5.41, 5.74) is 3.16. The maximum absolute atomic E-state index is 2.83. The number of fused-ring (bicyclic) bond motifs is 1. The molecule has 1 aromatic rings. The largest absolute Gasteiger partial charge is 0.368 e. The molecule has 27 heavy (non-hydrogen) atoms. The molecule has 1 nitrogen and oxygen atoms in total. The number of hydrogen-bond donors (Lipinski definition) is 0. The van der Waals surface area contributed by atoms with E-state index in [1.807, 2.05) is 0 Å². The molecule has 0 saturated heterocycles. The van der Waals surface area contributed by atoms with Gasteiger partial charge in [0.2, 0.25) is 0 Å². The first-order valence-corrected chi connectivity index (χ1v) is 12.2. The lowest BCUT2D eigenvalue weighted by Crippen LogP contribution is -2.37. The summed E-state index contributed by atoms with van der Waals surface area (Å²) in [6.07, 6.45) is 22.2. The van der Waals surface area contributed by atoms with Crippen LogP contribution in [0.4, 0.5) is 5.69 Å². The number of rotatable bonds is 13. The first-order chi connectivity index (χ1) is 13.4. The zero-order chi connectivity index (χ0) is 19.2. The molecule has 1 aliphatic heterocycles. The van der Waals surface area contributed by atoms with Gasteiger partial charge in [-0.05, 0) is 43.7 Å². The quantitative estimate of drug-likeness (QED) is 0.315. The van der Waals surface area contributed by atoms with Crippen molar-refractivity contribution < 1.29 is 0 Å². The predicted molar refractivity (Wildman–Crippen MR) is 122 cm³/mol. The Balaban J connectivity index is 2.00. The van der Waals surface area contributed by atoms with Crippen LogP contribution in [0.3, 0.4) is 0 Å². The molecule has 0 aliphatic carbocycles. The molecule has 1 heterocycles. The van der Waals surface area contributed by atoms with Gasteiger partial charge in [-0.3, -0.25) is 0 Å². The maximum Gasteiger partial charge on any atom is 0.0401 e. The van der Waals surface area contributed by atoms with Crippen molar-refractivity contribution in [2.24, 2.45) is 0 Å². The fourth-order valence-electron chi connectivity index (χ4n) is 4.70. The third-order valence-corrected chi connectivity index (χ3v) is 6.37. The van der Waals surface area contributed by atoms with Crippen molar-refractivity contribution in [3.05, 3.63) is 29.8 Å². The second-order valence-electron chi connectivity index (χ2n) is 8.69. The van der Waals surface area contributed by atoms with Gasteiger partial charge in [0.15, 0.2) is 0 Å². The predicted octanol–water partition coefficient (Wildman–Crippen LogP) is 8.31. The van der Waals surface area contributed by atoms with Crippen LogP contribution < -0.4 is 4.90 Å². The molecule has 1 aliphatic rings. The van der Waals surface area contributed by atoms with Crippen molar-refractivity contribution in [1.82, 2.24) is 0 Å². The monoisotopic (exact) mass is 371 g/mol. The Morgan fingerprint density at radius 2 is 1.37 bits per heavy atom. The Morgan fingerprint density at radius 3 is 2.04 bits per heavy atom. The van der Waals surface area contributed by atoms with Gasteiger partial charge >= 0.3 is 0 Å². The summed E-state index contributed by atoms with van der Waals surface area (Å²) in [5.74, 6) is 0. The van der Waals surface area contributed by atoms with E-state index in [0.29, 0.717) is 0 Å². The second-order valence-corrected chi connectivity index (χ2v) is 8.69. The van der Waals surface area contributed by atoms with Crippen molar-refractivity contribution in [3.8, 4) is 0 Å². The number of nitrogens with zero attached hydrogens (tertiary/aromatic N) is 1. The number of hydrogen-bond acceptors (Lipinski definition) is 1. The standard InChI is InChI=1S/C26H45N/c1-3-5-7-9-13-20-25(21-14-10-8-6-4-2)27-23-17-11-12-18-24-19-15-16-22-26(24)27/h15-16,19,22,25H,3-14,17-18,20-21,23H2,1-2H3. The topological polar surface area (TPSA) is 3.24 Å². The van der Waals surface area contributed by atoms with Gasteiger partial charge < -0.3 is 4.90 Å². The molecule has 2 rings (SSSR count). The van der Waals surface area contributed by atoms with E-state index in [1.165, 1.54) is 109 Å². The molecule has 1 aromatic carbocycles. The average Bonchev–Trinajstić information content (AvgIpc) is 2.67. The Kier molecular flexibility index (Phi) is 11.6. The van der Waals surface area contributed by atoms with E-state index in [2.05, 4.69) is 43.0 Å². The van der Waals surface area contributed by atoms with Gasteiger partial charge in [0.05, 0.1) is 0 Å². The minimum atomic E-state index is 0.757. The highest BCUT2D eigenvalue weighted by Crippen LogP contribution is 2.30. The molecule has 1 heteroatoms. The van der Waals surface area contributed by atoms with Gasteiger partial charge in [0, 0.05) is 18.3 Å². The van der Waals surface area contributed by atoms with Gasteiger partial charge in [0.25, 0.3) is 0 Å². The van der Waals surface area contributed by atoms with Gasteiger partial charge in [0.1, 0.15) is 0 Å². The summed E-state index contributed by atoms with van der Waals surface area (Å²) in [4.78, 5) is 2.83. The van der Waals surface area contributed by atoms with Crippen LogP contribution in [-0.4, -0.2) is 12.6 Å². The molecule has 0 saturated carbocycles. The van der Waals surface area contributed by atoms with Crippen molar-refractivity contribution >= 4 is 5.69 Å². The Morgan fingerprint density at radius 1 is 0.741 bits per heavy atom. The van der Waals surface area contributed by atoms with E-state index < -0.39 is 0 Å². The van der Waals surface area contributed by atoms with Crippen LogP contribution in [0.2, 0.25) is 0 Å². The van der Waals surface area contributed by atoms with Gasteiger partial charge in [-0.25, -0.2) is 0 Å². The number of unbranched alkanes of at least 4 members (excludes halogenated alkanes) is 8. The van der Waals surface area contributed by atoms with E-state index in [0.717, 1.165) is 6.04 Å². The SMILES string of the molecule is CCCCCCCC(CCCCCCC)N1CCCCCc2ccccc21. The molecule has 0 fully saturated rings. The van der Waals surface area contributed by atoms with Gasteiger partial charge in [-0.1, -0.05) is 103 Å². The molecule has 0 atom stereocenters. The second kappa shape index (κ2) is 14.1. The minimum Gasteiger partial charge on any atom is -0.368 e. The van der Waals surface area contributed by atoms with Crippen LogP contribution in [0, 0.1) is 0 Å². The fraction of sp³-hybridized carbons (Fsp3) is 0.769. The number of aryl methyl sites for hydroxylation is 1. The van der Waals surface area contributed by atoms with E-state index in [4.69, 9.17) is 0 Å². The lowest BCUT2D eigenvalue weighted by Gasteiger charge is -2.37. The smallest absolute Gasteiger partial charge is 0.0401 e. The molecule has 0 bridgehead atoms. The average molecular weight is 372 g/mol. The maximum atomic E-state index is 2.83. The highest BCUT2D eigenvalue weighted by molar-refractivity contribution is 5.54. The lowest BCUT2D eigenvalue weighted by atomic mass is 9.95. The van der Waals surface area contributed by atoms with Crippen LogP contribution >= 0.6 is 0 Å². The fourth-order valence-corrected chi connectivity index (χ4v) is 4.70. The Bertz CT molecular complexity index is 467. The number of anilines is 1. The molecule has 0 amide bonds. The minimum absolute atomic E-state index is 0.757. The van der Waals surface area contributed by atoms with Crippen LogP contribution in [0.1, 0.15) is 116 Å². The lowest BCUT2D eigenvalue weighted by molar-refractivity contribution is 0.448. The zero-order valence-electron chi connectivity index (χ0n) is 18.4. The molecule has 0 radical (unpaired) electrons. The Labute approximate surface area is 169 Å². The Hall–Kier alpha value is -0.980. The molecule has 0 unspecified atom stereocenters. The first-order valence-electron chi connectivity index (χ1n) is 12.2. The molecule has 0 spiro atoms. The molecule has 0 N–H and O–H groups in total. The molecule has 154 valence electrons. The van der Waals surface area contributed by atoms with E-state index in [1.54, 1.807) is 11.3 Å². The molecule has 0 aromatic heterocycles. The third-order valence-electron chi connectivity index (χ3n) is 6.37. The van der Waals surface area contributed by atoms with Crippen molar-refractivity contribution in [1.29, 1.82) is 0 Å². The highest BCUT2D eigenvalue weighted by Gasteiger charge is 2.21. The highest BCUT2D eigenvalue weighted by atomic mass is 15.2. The summed E-state index contributed by atoms with van der Waals surface area (Å²) in [5, 5.41) is 0. The van der Waals surface area contributed by atoms with Crippen LogP contribution in [0.25, 0.3) is 0 Å². The van der Waals surface area contributed by atoms with Crippen LogP contribution in [0.5, 0.6) is 0 Å². The van der Waals surface area contributed by atoms with Crippen LogP contribution in [0.15, 0.2) is 24.3 Å². The summed E-state index contributed by atoms with van der Waals surface area (Å²) in [6, 6.07) is 10.0. The number of benzene rings is 1. The van der Waals surface area contributed by atoms with E-state index in [9.17, 15) is 0 Å². The number of para-hydroxylation sites is 1. The molecular weight excluding hydrogens is 326 g/mol. The van der Waals surface area contributed by atoms with E-state index >= 15 is 0 Å². The summed E-state index contributed by atoms with van der Waals surface area (Å²) >= 11 is 0. The summed E-state index contributed by atoms with van der Waals surface area (Å²) in [6.45, 7) is 5.90. The van der Waals surface area contributed by atoms with Crippen LogP contribution in [-0.2, 0) is 6.42 Å². The van der Waals surface area contributed by atoms with Crippen molar-refractivity contribution in [2.45, 2.75) is 123 Å². The van der Waals surface area contributed by atoms with Crippen molar-refractivity contribution in [3.63, 3.8) is 0 Å². The zero-order valence-corrected chi connectivity index (χ0v) is 18.4. The van der Waals surface area contributed by atoms with E-state index in [-0.39, 0.29) is 0 Å². The van der Waals surface area contributed by atoms with Crippen molar-refractivity contribution in [2.75, 3.05) is 11.4 Å². The normalized spacial score (nSPS) is 14.9. The van der Waals surface area contributed by atoms with Gasteiger partial charge in [-0.15, -0.1) is 0 Å². The molecular formula is C26H45N. The first kappa shape index (κ1) is 22.3. The van der Waals surface area contributed by atoms with Gasteiger partial charge in [-0.2, -0.15) is 0 Å². The summed E-state index contributed by atoms with van der Waals surface area (Å²) in [7, 11) is 0. The summed E-state index contributed by atoms with van der Waals surface area (Å²) < 4.78 is 0.